The van der Waals surface area contributed by atoms with Crippen molar-refractivity contribution >= 4 is 5.78 Å². The van der Waals surface area contributed by atoms with Gasteiger partial charge in [-0.2, -0.15) is 0 Å². The van der Waals surface area contributed by atoms with Crippen molar-refractivity contribution in [1.82, 2.24) is 9.55 Å². The van der Waals surface area contributed by atoms with E-state index in [-0.39, 0.29) is 5.78 Å². The van der Waals surface area contributed by atoms with Gasteiger partial charge in [0.1, 0.15) is 11.4 Å². The summed E-state index contributed by atoms with van der Waals surface area (Å²) in [5.41, 5.74) is 8.49. The molecule has 1 heterocycles. The van der Waals surface area contributed by atoms with E-state index in [4.69, 9.17) is 10.5 Å². The van der Waals surface area contributed by atoms with Crippen molar-refractivity contribution in [2.75, 3.05) is 13.7 Å². The normalized spacial score (nSPS) is 10.6. The molecule has 5 nitrogen and oxygen atoms in total. The van der Waals surface area contributed by atoms with Gasteiger partial charge in [-0.1, -0.05) is 6.07 Å². The zero-order valence-corrected chi connectivity index (χ0v) is 12.0. The van der Waals surface area contributed by atoms with Crippen molar-refractivity contribution < 1.29 is 9.53 Å². The summed E-state index contributed by atoms with van der Waals surface area (Å²) < 4.78 is 7.18. The predicted octanol–water partition coefficient (Wildman–Crippen LogP) is 1.70. The molecule has 1 aromatic carbocycles. The van der Waals surface area contributed by atoms with Crippen LogP contribution in [0.5, 0.6) is 5.75 Å². The molecule has 0 aliphatic heterocycles. The predicted molar refractivity (Wildman–Crippen MR) is 77.2 cm³/mol. The number of hydrogen-bond acceptors (Lipinski definition) is 4. The van der Waals surface area contributed by atoms with Crippen molar-refractivity contribution in [3.63, 3.8) is 0 Å². The number of methoxy groups -OCH3 is 1. The number of carbonyl (C=O) groups excluding carboxylic acids is 1. The van der Waals surface area contributed by atoms with Crippen molar-refractivity contribution in [3.05, 3.63) is 47.0 Å². The van der Waals surface area contributed by atoms with E-state index in [0.29, 0.717) is 30.1 Å². The molecule has 0 amide bonds. The van der Waals surface area contributed by atoms with Crippen LogP contribution in [0.2, 0.25) is 0 Å². The van der Waals surface area contributed by atoms with Crippen LogP contribution in [-0.2, 0) is 6.54 Å². The Bertz CT molecular complexity index is 632. The zero-order chi connectivity index (χ0) is 14.7. The Morgan fingerprint density at radius 3 is 2.80 bits per heavy atom. The molecule has 0 radical (unpaired) electrons. The maximum Gasteiger partial charge on any atom is 0.216 e. The molecule has 2 N–H and O–H groups in total. The number of nitrogens with zero attached hydrogens (tertiary/aromatic N) is 2. The lowest BCUT2D eigenvalue weighted by Crippen LogP contribution is -2.09. The van der Waals surface area contributed by atoms with Crippen LogP contribution in [0.15, 0.2) is 24.7 Å². The minimum atomic E-state index is -0.138. The van der Waals surface area contributed by atoms with Gasteiger partial charge in [-0.15, -0.1) is 0 Å². The molecule has 0 spiro atoms. The van der Waals surface area contributed by atoms with Gasteiger partial charge in [-0.05, 0) is 31.0 Å². The number of hydrogen-bond donors (Lipinski definition) is 1. The van der Waals surface area contributed by atoms with Gasteiger partial charge in [0, 0.05) is 19.3 Å². The monoisotopic (exact) mass is 273 g/mol. The van der Waals surface area contributed by atoms with Gasteiger partial charge in [-0.3, -0.25) is 4.79 Å². The number of ketones is 1. The second kappa shape index (κ2) is 5.88. The van der Waals surface area contributed by atoms with Crippen LogP contribution >= 0.6 is 0 Å². The van der Waals surface area contributed by atoms with E-state index < -0.39 is 0 Å². The summed E-state index contributed by atoms with van der Waals surface area (Å²) in [4.78, 5) is 16.7. The van der Waals surface area contributed by atoms with Gasteiger partial charge in [-0.25, -0.2) is 4.98 Å². The van der Waals surface area contributed by atoms with Crippen LogP contribution in [0.25, 0.3) is 0 Å². The molecule has 0 bridgehead atoms. The molecule has 0 fully saturated rings. The Morgan fingerprint density at radius 1 is 1.40 bits per heavy atom. The molecular formula is C15H19N3O2. The highest BCUT2D eigenvalue weighted by atomic mass is 16.5. The Kier molecular flexibility index (Phi) is 4.20. The smallest absolute Gasteiger partial charge is 0.216 e. The van der Waals surface area contributed by atoms with Gasteiger partial charge < -0.3 is 15.0 Å². The Hall–Kier alpha value is -2.14. The molecule has 20 heavy (non-hydrogen) atoms. The van der Waals surface area contributed by atoms with Crippen molar-refractivity contribution in [1.29, 1.82) is 0 Å². The van der Waals surface area contributed by atoms with Crippen LogP contribution in [0, 0.1) is 13.8 Å². The first-order valence-corrected chi connectivity index (χ1v) is 6.49. The van der Waals surface area contributed by atoms with Gasteiger partial charge in [0.2, 0.25) is 5.78 Å². The van der Waals surface area contributed by atoms with Crippen LogP contribution in [0.3, 0.4) is 0 Å². The highest BCUT2D eigenvalue weighted by Gasteiger charge is 2.19. The van der Waals surface area contributed by atoms with Crippen molar-refractivity contribution in [2.45, 2.75) is 20.4 Å². The first-order chi connectivity index (χ1) is 9.58. The fourth-order valence-corrected chi connectivity index (χ4v) is 2.12. The van der Waals surface area contributed by atoms with Gasteiger partial charge in [0.05, 0.1) is 19.0 Å². The largest absolute Gasteiger partial charge is 0.496 e. The second-order valence-corrected chi connectivity index (χ2v) is 4.70. The number of rotatable bonds is 5. The first kappa shape index (κ1) is 14.3. The summed E-state index contributed by atoms with van der Waals surface area (Å²) in [6.45, 7) is 5.08. The van der Waals surface area contributed by atoms with E-state index in [2.05, 4.69) is 4.98 Å². The van der Waals surface area contributed by atoms with Crippen LogP contribution in [0.4, 0.5) is 0 Å². The standard InChI is InChI=1S/C15H19N3O2/c1-10-4-5-12(15(20-3)11(10)2)14(19)13-8-18(7-6-16)9-17-13/h4-5,8-9H,6-7,16H2,1-3H3. The highest BCUT2D eigenvalue weighted by Crippen LogP contribution is 2.27. The summed E-state index contributed by atoms with van der Waals surface area (Å²) in [6.07, 6.45) is 3.33. The third-order valence-electron chi connectivity index (χ3n) is 3.38. The maximum atomic E-state index is 12.5. The Balaban J connectivity index is 2.40. The first-order valence-electron chi connectivity index (χ1n) is 6.49. The number of aryl methyl sites for hydroxylation is 1. The summed E-state index contributed by atoms with van der Waals surface area (Å²) in [6, 6.07) is 3.70. The van der Waals surface area contributed by atoms with E-state index in [1.165, 1.54) is 0 Å². The number of nitrogens with two attached hydrogens (primary N) is 1. The summed E-state index contributed by atoms with van der Waals surface area (Å²) in [5.74, 6) is 0.476. The van der Waals surface area contributed by atoms with E-state index >= 15 is 0 Å². The molecule has 106 valence electrons. The van der Waals surface area contributed by atoms with Crippen molar-refractivity contribution in [3.8, 4) is 5.75 Å². The lowest BCUT2D eigenvalue weighted by atomic mass is 10.0. The molecule has 0 atom stereocenters. The fourth-order valence-electron chi connectivity index (χ4n) is 2.12. The molecule has 2 aromatic rings. The molecule has 0 unspecified atom stereocenters. The Morgan fingerprint density at radius 2 is 2.15 bits per heavy atom. The average Bonchev–Trinajstić information content (AvgIpc) is 2.90. The lowest BCUT2D eigenvalue weighted by molar-refractivity contribution is 0.103. The molecule has 0 aliphatic carbocycles. The number of aromatic nitrogens is 2. The topological polar surface area (TPSA) is 70.1 Å². The number of imidazole rings is 1. The van der Waals surface area contributed by atoms with Crippen LogP contribution in [0.1, 0.15) is 27.2 Å². The van der Waals surface area contributed by atoms with E-state index in [1.54, 1.807) is 30.3 Å². The number of benzene rings is 1. The molecule has 0 aliphatic rings. The maximum absolute atomic E-state index is 12.5. The van der Waals surface area contributed by atoms with E-state index in [0.717, 1.165) is 11.1 Å². The van der Waals surface area contributed by atoms with Crippen molar-refractivity contribution in [2.24, 2.45) is 5.73 Å². The molecule has 0 saturated heterocycles. The number of ether oxygens (including phenoxy) is 1. The minimum absolute atomic E-state index is 0.138. The third-order valence-corrected chi connectivity index (χ3v) is 3.38. The summed E-state index contributed by atoms with van der Waals surface area (Å²) in [5, 5.41) is 0. The molecule has 1 aromatic heterocycles. The average molecular weight is 273 g/mol. The van der Waals surface area contributed by atoms with E-state index in [1.807, 2.05) is 19.9 Å². The molecular weight excluding hydrogens is 254 g/mol. The highest BCUT2D eigenvalue weighted by molar-refractivity contribution is 6.09. The van der Waals surface area contributed by atoms with Crippen LogP contribution < -0.4 is 10.5 Å². The molecule has 2 rings (SSSR count). The zero-order valence-electron chi connectivity index (χ0n) is 12.0. The van der Waals surface area contributed by atoms with E-state index in [9.17, 15) is 4.79 Å². The fraction of sp³-hybridized carbons (Fsp3) is 0.333. The second-order valence-electron chi connectivity index (χ2n) is 4.70. The minimum Gasteiger partial charge on any atom is -0.496 e. The van der Waals surface area contributed by atoms with Crippen LogP contribution in [-0.4, -0.2) is 29.0 Å². The third kappa shape index (κ3) is 2.58. The SMILES string of the molecule is COc1c(C(=O)c2cn(CCN)cn2)ccc(C)c1C. The van der Waals surface area contributed by atoms with Gasteiger partial charge in [0.25, 0.3) is 0 Å². The summed E-state index contributed by atoms with van der Waals surface area (Å²) >= 11 is 0. The van der Waals surface area contributed by atoms with Gasteiger partial charge in [0.15, 0.2) is 0 Å². The summed E-state index contributed by atoms with van der Waals surface area (Å²) in [7, 11) is 1.57. The molecule has 5 heteroatoms. The lowest BCUT2D eigenvalue weighted by Gasteiger charge is -2.11. The quantitative estimate of drug-likeness (QED) is 0.842. The number of carbonyl (C=O) groups is 1. The van der Waals surface area contributed by atoms with Gasteiger partial charge >= 0.3 is 0 Å². The Labute approximate surface area is 118 Å². The molecule has 0 saturated carbocycles.